The van der Waals surface area contributed by atoms with E-state index in [1.54, 1.807) is 36.4 Å². The van der Waals surface area contributed by atoms with Crippen molar-refractivity contribution >= 4 is 41.0 Å². The van der Waals surface area contributed by atoms with Gasteiger partial charge in [-0.2, -0.15) is 16.9 Å². The molecule has 0 bridgehead atoms. The lowest BCUT2D eigenvalue weighted by atomic mass is 10.0. The lowest BCUT2D eigenvalue weighted by Gasteiger charge is -2.16. The van der Waals surface area contributed by atoms with E-state index in [4.69, 9.17) is 19.7 Å². The topological polar surface area (TPSA) is 221 Å². The maximum atomic E-state index is 12.4. The van der Waals surface area contributed by atoms with Gasteiger partial charge >= 0.3 is 6.03 Å². The van der Waals surface area contributed by atoms with E-state index >= 15 is 0 Å². The Morgan fingerprint density at radius 1 is 0.940 bits per heavy atom. The molecule has 3 atom stereocenters. The quantitative estimate of drug-likeness (QED) is 0.0367. The molecule has 0 aromatic heterocycles. The average molecular weight is 712 g/mol. The van der Waals surface area contributed by atoms with E-state index in [1.807, 2.05) is 11.8 Å². The number of nitrogens with one attached hydrogen (secondary N) is 4. The molecule has 4 amide bonds. The van der Waals surface area contributed by atoms with Crippen molar-refractivity contribution < 1.29 is 33.7 Å². The highest BCUT2D eigenvalue weighted by atomic mass is 32.2. The van der Waals surface area contributed by atoms with Gasteiger partial charge in [-0.15, -0.1) is 5.11 Å². The van der Waals surface area contributed by atoms with Crippen molar-refractivity contribution in [3.63, 3.8) is 0 Å². The summed E-state index contributed by atoms with van der Waals surface area (Å²) in [6.45, 7) is 3.43. The zero-order valence-electron chi connectivity index (χ0n) is 27.9. The standard InChI is InChI=1S/C33H45N9O7S/c34-42-37-12-11-23-5-10-28(43)26(21-23)41-40-25-8-6-24(7-9-25)32(45)36-14-16-48-18-20-49-19-17-47-15-13-35-30(44)4-2-1-3-29-31-27(22-50-29)38-33(46)39-31/h5-10,21,27,29,31,43H,1-4,11-20,22H2,(H,35,44)(H,36,45)(H2,38,39,46). The Kier molecular flexibility index (Phi) is 16.6. The van der Waals surface area contributed by atoms with E-state index in [-0.39, 0.29) is 41.4 Å². The summed E-state index contributed by atoms with van der Waals surface area (Å²) in [5.74, 6) is 0.695. The van der Waals surface area contributed by atoms with Crippen LogP contribution in [-0.2, 0) is 25.4 Å². The second-order valence-electron chi connectivity index (χ2n) is 11.6. The Morgan fingerprint density at radius 3 is 2.40 bits per heavy atom. The third-order valence-corrected chi connectivity index (χ3v) is 9.44. The second kappa shape index (κ2) is 21.6. The van der Waals surface area contributed by atoms with Gasteiger partial charge in [0.1, 0.15) is 11.4 Å². The van der Waals surface area contributed by atoms with Crippen LogP contribution in [0.5, 0.6) is 5.75 Å². The molecule has 2 aromatic carbocycles. The lowest BCUT2D eigenvalue weighted by molar-refractivity contribution is -0.121. The maximum absolute atomic E-state index is 12.4. The Bertz CT molecular complexity index is 1470. The van der Waals surface area contributed by atoms with E-state index in [0.717, 1.165) is 30.6 Å². The molecule has 0 saturated carbocycles. The number of aromatic hydroxyl groups is 1. The van der Waals surface area contributed by atoms with Crippen molar-refractivity contribution in [3.8, 4) is 5.75 Å². The van der Waals surface area contributed by atoms with Gasteiger partial charge in [-0.1, -0.05) is 17.6 Å². The highest BCUT2D eigenvalue weighted by Crippen LogP contribution is 2.33. The van der Waals surface area contributed by atoms with Gasteiger partial charge in [0.25, 0.3) is 5.91 Å². The fraction of sp³-hybridized carbons (Fsp3) is 0.545. The summed E-state index contributed by atoms with van der Waals surface area (Å²) < 4.78 is 16.5. The summed E-state index contributed by atoms with van der Waals surface area (Å²) in [5, 5.41) is 33.8. The molecule has 2 heterocycles. The van der Waals surface area contributed by atoms with Gasteiger partial charge in [0.05, 0.1) is 57.4 Å². The number of urea groups is 1. The SMILES string of the molecule is [N-]=[N+]=NCCc1ccc(O)c(N=Nc2ccc(C(=O)NCCOCCOCCOCCNC(=O)CCCCC3SCC4NC(=O)NC43)cc2)c1. The fourth-order valence-corrected chi connectivity index (χ4v) is 6.87. The lowest BCUT2D eigenvalue weighted by Crippen LogP contribution is -2.36. The fourth-order valence-electron chi connectivity index (χ4n) is 5.33. The number of unbranched alkanes of at least 4 members (excludes halogenated alkanes) is 1. The molecule has 2 fully saturated rings. The molecule has 17 heteroatoms. The van der Waals surface area contributed by atoms with Gasteiger partial charge in [0, 0.05) is 47.5 Å². The van der Waals surface area contributed by atoms with Crippen molar-refractivity contribution in [2.75, 3.05) is 65.0 Å². The van der Waals surface area contributed by atoms with E-state index in [0.29, 0.717) is 88.6 Å². The molecule has 2 aliphatic rings. The Labute approximate surface area is 295 Å². The molecular formula is C33H45N9O7S. The number of azo groups is 1. The minimum absolute atomic E-state index is 0.0186. The predicted molar refractivity (Wildman–Crippen MR) is 188 cm³/mol. The van der Waals surface area contributed by atoms with Gasteiger partial charge in [-0.3, -0.25) is 9.59 Å². The molecule has 50 heavy (non-hydrogen) atoms. The van der Waals surface area contributed by atoms with Gasteiger partial charge in [0.2, 0.25) is 5.91 Å². The maximum Gasteiger partial charge on any atom is 0.315 e. The van der Waals surface area contributed by atoms with Crippen LogP contribution >= 0.6 is 11.8 Å². The zero-order valence-corrected chi connectivity index (χ0v) is 28.7. The van der Waals surface area contributed by atoms with E-state index in [1.165, 1.54) is 6.07 Å². The smallest absolute Gasteiger partial charge is 0.315 e. The Hall–Kier alpha value is -4.41. The molecule has 0 radical (unpaired) electrons. The molecule has 5 N–H and O–H groups in total. The van der Waals surface area contributed by atoms with Crippen LogP contribution in [0.2, 0.25) is 0 Å². The number of carbonyl (C=O) groups excluding carboxylic acids is 3. The number of nitrogens with zero attached hydrogens (tertiary/aromatic N) is 5. The largest absolute Gasteiger partial charge is 0.506 e. The van der Waals surface area contributed by atoms with Crippen LogP contribution in [0.15, 0.2) is 57.8 Å². The van der Waals surface area contributed by atoms with Crippen LogP contribution in [0.25, 0.3) is 10.4 Å². The number of carbonyl (C=O) groups is 3. The number of hydrogen-bond acceptors (Lipinski definition) is 11. The van der Waals surface area contributed by atoms with Gasteiger partial charge < -0.3 is 40.6 Å². The van der Waals surface area contributed by atoms with E-state index < -0.39 is 0 Å². The zero-order chi connectivity index (χ0) is 35.4. The van der Waals surface area contributed by atoms with Crippen molar-refractivity contribution in [3.05, 3.63) is 64.0 Å². The highest BCUT2D eigenvalue weighted by molar-refractivity contribution is 8.00. The number of amides is 4. The van der Waals surface area contributed by atoms with Crippen LogP contribution in [0.3, 0.4) is 0 Å². The number of phenols is 1. The van der Waals surface area contributed by atoms with Crippen molar-refractivity contribution in [1.29, 1.82) is 0 Å². The summed E-state index contributed by atoms with van der Waals surface area (Å²) in [6.07, 6.45) is 3.77. The molecule has 0 aliphatic carbocycles. The van der Waals surface area contributed by atoms with Crippen LogP contribution < -0.4 is 21.3 Å². The average Bonchev–Trinajstić information content (AvgIpc) is 3.68. The highest BCUT2D eigenvalue weighted by Gasteiger charge is 2.42. The van der Waals surface area contributed by atoms with Crippen LogP contribution in [-0.4, -0.2) is 105 Å². The number of thioether (sulfide) groups is 1. The number of benzene rings is 2. The second-order valence-corrected chi connectivity index (χ2v) is 12.9. The normalized spacial score (nSPS) is 17.9. The number of fused-ring (bicyclic) bond motifs is 1. The van der Waals surface area contributed by atoms with E-state index in [2.05, 4.69) is 41.5 Å². The van der Waals surface area contributed by atoms with Gasteiger partial charge in [-0.25, -0.2) is 4.79 Å². The molecular weight excluding hydrogens is 666 g/mol. The summed E-state index contributed by atoms with van der Waals surface area (Å²) in [5.41, 5.74) is 10.5. The summed E-state index contributed by atoms with van der Waals surface area (Å²) in [7, 11) is 0. The number of rotatable bonds is 23. The monoisotopic (exact) mass is 711 g/mol. The van der Waals surface area contributed by atoms with Gasteiger partial charge in [0.15, 0.2) is 0 Å². The summed E-state index contributed by atoms with van der Waals surface area (Å²) in [4.78, 5) is 38.7. The molecule has 3 unspecified atom stereocenters. The van der Waals surface area contributed by atoms with Crippen LogP contribution in [0, 0.1) is 0 Å². The number of azide groups is 1. The van der Waals surface area contributed by atoms with Crippen molar-refractivity contribution in [2.45, 2.75) is 49.4 Å². The van der Waals surface area contributed by atoms with Crippen molar-refractivity contribution in [2.24, 2.45) is 15.3 Å². The number of hydrogen-bond donors (Lipinski definition) is 5. The molecule has 4 rings (SSSR count). The van der Waals surface area contributed by atoms with E-state index in [9.17, 15) is 19.5 Å². The molecule has 2 aliphatic heterocycles. The Balaban J connectivity index is 0.940. The molecule has 0 spiro atoms. The first kappa shape index (κ1) is 38.4. The number of phenolic OH excluding ortho intramolecular Hbond substituents is 1. The first-order valence-corrected chi connectivity index (χ1v) is 17.8. The third kappa shape index (κ3) is 13.5. The minimum Gasteiger partial charge on any atom is -0.506 e. The molecule has 270 valence electrons. The first-order valence-electron chi connectivity index (χ1n) is 16.7. The van der Waals surface area contributed by atoms with Crippen molar-refractivity contribution in [1.82, 2.24) is 21.3 Å². The first-order chi connectivity index (χ1) is 24.4. The molecule has 2 saturated heterocycles. The van der Waals surface area contributed by atoms with Crippen LogP contribution in [0.4, 0.5) is 16.2 Å². The Morgan fingerprint density at radius 2 is 1.66 bits per heavy atom. The molecule has 2 aromatic rings. The minimum atomic E-state index is -0.247. The summed E-state index contributed by atoms with van der Waals surface area (Å²) >= 11 is 1.89. The van der Waals surface area contributed by atoms with Gasteiger partial charge in [-0.05, 0) is 66.8 Å². The summed E-state index contributed by atoms with van der Waals surface area (Å²) in [6, 6.07) is 11.9. The number of ether oxygens (including phenoxy) is 3. The third-order valence-electron chi connectivity index (χ3n) is 7.93. The van der Waals surface area contributed by atoms with Crippen LogP contribution in [0.1, 0.15) is 41.6 Å². The molecule has 16 nitrogen and oxygen atoms in total. The predicted octanol–water partition coefficient (Wildman–Crippen LogP) is 4.28.